The van der Waals surface area contributed by atoms with Gasteiger partial charge in [0, 0.05) is 18.0 Å². The van der Waals surface area contributed by atoms with Gasteiger partial charge in [0.1, 0.15) is 0 Å². The first kappa shape index (κ1) is 19.2. The Balaban J connectivity index is 1.68. The van der Waals surface area contributed by atoms with Gasteiger partial charge in [0.05, 0.1) is 22.6 Å². The number of fused-ring (bicyclic) bond motifs is 1. The lowest BCUT2D eigenvalue weighted by molar-refractivity contribution is 0.385. The van der Waals surface area contributed by atoms with E-state index in [1.807, 2.05) is 6.92 Å². The minimum absolute atomic E-state index is 0.0371. The monoisotopic (exact) mass is 434 g/mol. The highest BCUT2D eigenvalue weighted by atomic mass is 35.5. The van der Waals surface area contributed by atoms with Crippen LogP contribution in [0.15, 0.2) is 55.0 Å². The van der Waals surface area contributed by atoms with Crippen LogP contribution < -0.4 is 10.5 Å². The van der Waals surface area contributed by atoms with Gasteiger partial charge in [-0.3, -0.25) is 9.29 Å². The molecule has 0 fully saturated rings. The van der Waals surface area contributed by atoms with Crippen LogP contribution >= 0.6 is 11.6 Å². The molecule has 0 unspecified atom stereocenters. The second-order valence-electron chi connectivity index (χ2n) is 6.38. The molecular weight excluding hydrogens is 420 g/mol. The maximum Gasteiger partial charge on any atom is 0.420 e. The second kappa shape index (κ2) is 7.05. The summed E-state index contributed by atoms with van der Waals surface area (Å²) in [5.74, 6) is 0.0219. The predicted octanol–water partition coefficient (Wildman–Crippen LogP) is 3.10. The number of benzene rings is 2. The molecule has 0 aliphatic heterocycles. The van der Waals surface area contributed by atoms with E-state index < -0.39 is 15.8 Å². The largest absolute Gasteiger partial charge is 0.420 e. The number of hydrogen-bond acceptors (Lipinski definition) is 7. The summed E-state index contributed by atoms with van der Waals surface area (Å²) in [5.41, 5.74) is 1.69. The van der Waals surface area contributed by atoms with E-state index in [1.165, 1.54) is 28.8 Å². The van der Waals surface area contributed by atoms with Crippen LogP contribution in [0, 0.1) is 13.8 Å². The molecule has 0 aliphatic rings. The first-order valence-electron chi connectivity index (χ1n) is 8.44. The molecule has 0 saturated heterocycles. The van der Waals surface area contributed by atoms with Crippen molar-refractivity contribution in [3.8, 4) is 0 Å². The van der Waals surface area contributed by atoms with Crippen molar-refractivity contribution in [2.45, 2.75) is 25.3 Å². The smallest absolute Gasteiger partial charge is 0.408 e. The van der Waals surface area contributed by atoms with Crippen molar-refractivity contribution in [2.75, 3.05) is 4.72 Å². The Morgan fingerprint density at radius 1 is 1.17 bits per heavy atom. The average molecular weight is 435 g/mol. The van der Waals surface area contributed by atoms with Gasteiger partial charge in [-0.1, -0.05) is 22.8 Å². The lowest BCUT2D eigenvalue weighted by Crippen LogP contribution is -2.15. The Kier molecular flexibility index (Phi) is 4.67. The molecule has 4 aromatic rings. The zero-order valence-corrected chi connectivity index (χ0v) is 16.9. The van der Waals surface area contributed by atoms with Gasteiger partial charge in [0.25, 0.3) is 10.0 Å². The molecule has 0 aliphatic carbocycles. The Hall–Kier alpha value is -3.11. The molecule has 150 valence electrons. The topological polar surface area (TPSA) is 120 Å². The number of rotatable bonds is 5. The number of nitrogens with one attached hydrogen (secondary N) is 1. The van der Waals surface area contributed by atoms with Crippen molar-refractivity contribution >= 4 is 38.4 Å². The number of aryl methyl sites for hydroxylation is 2. The number of nitrogens with zero attached hydrogens (tertiary/aromatic N) is 3. The maximum atomic E-state index is 12.7. The quantitative estimate of drug-likeness (QED) is 0.512. The first-order valence-corrected chi connectivity index (χ1v) is 10.3. The summed E-state index contributed by atoms with van der Waals surface area (Å²) in [6.45, 7) is 3.49. The van der Waals surface area contributed by atoms with E-state index in [0.29, 0.717) is 27.9 Å². The van der Waals surface area contributed by atoms with Gasteiger partial charge in [-0.05, 0) is 36.8 Å². The molecule has 0 radical (unpaired) electrons. The second-order valence-corrected chi connectivity index (χ2v) is 8.47. The number of aromatic nitrogens is 3. The van der Waals surface area contributed by atoms with Crippen molar-refractivity contribution in [1.29, 1.82) is 0 Å². The molecule has 0 bridgehead atoms. The van der Waals surface area contributed by atoms with Crippen molar-refractivity contribution < 1.29 is 17.4 Å². The van der Waals surface area contributed by atoms with E-state index in [0.717, 1.165) is 5.56 Å². The van der Waals surface area contributed by atoms with Gasteiger partial charge in [0.2, 0.25) is 5.89 Å². The summed E-state index contributed by atoms with van der Waals surface area (Å²) in [6.07, 6.45) is 0. The Morgan fingerprint density at radius 2 is 1.97 bits per heavy atom. The van der Waals surface area contributed by atoms with Crippen LogP contribution in [0.5, 0.6) is 0 Å². The van der Waals surface area contributed by atoms with E-state index in [4.69, 9.17) is 20.5 Å². The average Bonchev–Trinajstić information content (AvgIpc) is 3.21. The van der Waals surface area contributed by atoms with Crippen LogP contribution in [0.3, 0.4) is 0 Å². The fraction of sp³-hybridized carbons (Fsp3) is 0.167. The molecule has 0 atom stereocenters. The fourth-order valence-corrected chi connectivity index (χ4v) is 4.03. The molecule has 2 aromatic carbocycles. The minimum atomic E-state index is -3.91. The molecule has 0 saturated carbocycles. The molecule has 11 heteroatoms. The van der Waals surface area contributed by atoms with E-state index in [2.05, 4.69) is 14.9 Å². The molecule has 1 N–H and O–H groups in total. The summed E-state index contributed by atoms with van der Waals surface area (Å²) in [6, 6.07) is 9.00. The first-order chi connectivity index (χ1) is 13.7. The normalized spacial score (nSPS) is 11.8. The number of halogens is 1. The van der Waals surface area contributed by atoms with Crippen molar-refractivity contribution in [3.05, 3.63) is 69.3 Å². The third kappa shape index (κ3) is 3.76. The number of hydrogen-bond donors (Lipinski definition) is 1. The highest BCUT2D eigenvalue weighted by Gasteiger charge is 2.19. The highest BCUT2D eigenvalue weighted by molar-refractivity contribution is 7.92. The van der Waals surface area contributed by atoms with Crippen molar-refractivity contribution in [2.24, 2.45) is 0 Å². The molecule has 9 nitrogen and oxygen atoms in total. The minimum Gasteiger partial charge on any atom is -0.408 e. The fourth-order valence-electron chi connectivity index (χ4n) is 2.78. The molecule has 0 spiro atoms. The summed E-state index contributed by atoms with van der Waals surface area (Å²) in [5, 5.41) is 4.20. The van der Waals surface area contributed by atoms with Gasteiger partial charge < -0.3 is 8.94 Å². The zero-order chi connectivity index (χ0) is 20.8. The van der Waals surface area contributed by atoms with Crippen LogP contribution in [-0.2, 0) is 16.6 Å². The van der Waals surface area contributed by atoms with Crippen LogP contribution in [0.2, 0.25) is 5.02 Å². The Labute approximate surface area is 170 Å². The van der Waals surface area contributed by atoms with Crippen molar-refractivity contribution in [1.82, 2.24) is 14.7 Å². The van der Waals surface area contributed by atoms with E-state index in [-0.39, 0.29) is 17.0 Å². The molecule has 2 heterocycles. The number of anilines is 1. The Bertz CT molecular complexity index is 1390. The van der Waals surface area contributed by atoms with E-state index in [1.54, 1.807) is 19.1 Å². The highest BCUT2D eigenvalue weighted by Crippen LogP contribution is 2.24. The van der Waals surface area contributed by atoms with E-state index in [9.17, 15) is 13.2 Å². The third-order valence-electron chi connectivity index (χ3n) is 4.24. The molecule has 0 amide bonds. The summed E-state index contributed by atoms with van der Waals surface area (Å²) in [7, 11) is -3.91. The molecular formula is C18H15ClN4O5S. The van der Waals surface area contributed by atoms with Crippen LogP contribution in [0.1, 0.15) is 17.3 Å². The lowest BCUT2D eigenvalue weighted by Gasteiger charge is -2.09. The van der Waals surface area contributed by atoms with Crippen LogP contribution in [-0.4, -0.2) is 23.1 Å². The van der Waals surface area contributed by atoms with Gasteiger partial charge >= 0.3 is 5.76 Å². The molecule has 29 heavy (non-hydrogen) atoms. The van der Waals surface area contributed by atoms with Gasteiger partial charge in [-0.15, -0.1) is 0 Å². The van der Waals surface area contributed by atoms with Gasteiger partial charge in [-0.25, -0.2) is 13.2 Å². The lowest BCUT2D eigenvalue weighted by atomic mass is 10.2. The predicted molar refractivity (Wildman–Crippen MR) is 106 cm³/mol. The van der Waals surface area contributed by atoms with Crippen LogP contribution in [0.4, 0.5) is 5.69 Å². The number of oxazole rings is 1. The standard InChI is InChI=1S/C18H15ClN4O5S/c1-10-3-4-12(7-14(10)19)22-29(25,26)13-5-6-15-16(8-13)27-18(24)23(15)9-17-20-11(2)28-21-17/h3-8,22H,9H2,1-2H3. The Morgan fingerprint density at radius 3 is 2.66 bits per heavy atom. The maximum absolute atomic E-state index is 12.7. The third-order valence-corrected chi connectivity index (χ3v) is 6.03. The number of sulfonamides is 1. The SMILES string of the molecule is Cc1nc(Cn2c(=O)oc3cc(S(=O)(=O)Nc4ccc(C)c(Cl)c4)ccc32)no1. The summed E-state index contributed by atoms with van der Waals surface area (Å²) >= 11 is 6.05. The molecule has 4 rings (SSSR count). The van der Waals surface area contributed by atoms with Gasteiger partial charge in [-0.2, -0.15) is 4.98 Å². The van der Waals surface area contributed by atoms with Gasteiger partial charge in [0.15, 0.2) is 11.4 Å². The summed E-state index contributed by atoms with van der Waals surface area (Å²) < 4.78 is 39.3. The van der Waals surface area contributed by atoms with E-state index >= 15 is 0 Å². The summed E-state index contributed by atoms with van der Waals surface area (Å²) in [4.78, 5) is 16.2. The molecule has 2 aromatic heterocycles. The zero-order valence-electron chi connectivity index (χ0n) is 15.3. The van der Waals surface area contributed by atoms with Crippen molar-refractivity contribution in [3.63, 3.8) is 0 Å². The van der Waals surface area contributed by atoms with Crippen LogP contribution in [0.25, 0.3) is 11.1 Å².